The number of methoxy groups -OCH3 is 1. The first-order valence-corrected chi connectivity index (χ1v) is 11.9. The Kier molecular flexibility index (Phi) is 7.62. The molecule has 2 heterocycles. The van der Waals surface area contributed by atoms with Crippen molar-refractivity contribution in [3.05, 3.63) is 65.7 Å². The second-order valence-electron chi connectivity index (χ2n) is 8.75. The van der Waals surface area contributed by atoms with E-state index in [-0.39, 0.29) is 17.7 Å². The second-order valence-corrected chi connectivity index (χ2v) is 8.75. The summed E-state index contributed by atoms with van der Waals surface area (Å²) in [6.07, 6.45) is 6.83. The van der Waals surface area contributed by atoms with E-state index >= 15 is 0 Å². The third kappa shape index (κ3) is 5.65. The van der Waals surface area contributed by atoms with E-state index in [1.807, 2.05) is 42.5 Å². The maximum atomic E-state index is 13.1. The minimum absolute atomic E-state index is 0.0372. The number of carbonyl (C=O) groups excluding carboxylic acids is 3. The van der Waals surface area contributed by atoms with Crippen molar-refractivity contribution in [1.29, 1.82) is 0 Å². The minimum atomic E-state index is -0.432. The average molecular weight is 462 g/mol. The van der Waals surface area contributed by atoms with Gasteiger partial charge in [-0.3, -0.25) is 9.59 Å². The van der Waals surface area contributed by atoms with Gasteiger partial charge >= 0.3 is 5.97 Å². The first kappa shape index (κ1) is 23.5. The molecule has 2 aromatic carbocycles. The van der Waals surface area contributed by atoms with Gasteiger partial charge in [0.25, 0.3) is 0 Å². The lowest BCUT2D eigenvalue weighted by molar-refractivity contribution is -0.130. The molecule has 1 N–H and O–H groups in total. The fourth-order valence-electron chi connectivity index (χ4n) is 4.55. The molecule has 0 aromatic heterocycles. The van der Waals surface area contributed by atoms with Crippen LogP contribution in [0.4, 0.5) is 11.4 Å². The van der Waals surface area contributed by atoms with Crippen molar-refractivity contribution >= 4 is 35.2 Å². The Morgan fingerprint density at radius 3 is 2.35 bits per heavy atom. The summed E-state index contributed by atoms with van der Waals surface area (Å²) in [4.78, 5) is 41.7. The Balaban J connectivity index is 1.38. The summed E-state index contributed by atoms with van der Waals surface area (Å²) in [5, 5.41) is 3.06. The summed E-state index contributed by atoms with van der Waals surface area (Å²) in [5.41, 5.74) is 2.95. The van der Waals surface area contributed by atoms with Crippen molar-refractivity contribution in [3.8, 4) is 0 Å². The number of hydrogen-bond acceptors (Lipinski definition) is 5. The molecule has 34 heavy (non-hydrogen) atoms. The van der Waals surface area contributed by atoms with Gasteiger partial charge in [-0.15, -0.1) is 0 Å². The number of rotatable bonds is 6. The third-order valence-electron chi connectivity index (χ3n) is 6.52. The number of benzene rings is 2. The fraction of sp³-hybridized carbons (Fsp3) is 0.370. The standard InChI is InChI=1S/C27H31N3O4/c1-34-27(33)22-10-11-24(29-15-5-6-16-29)23(19-22)28-26(32)21-13-17-30(18-14-21)25(31)12-9-20-7-3-2-4-8-20/h2-4,7-12,19,21H,5-6,13-18H2,1H3,(H,28,32)/b12-9+. The Hall–Kier alpha value is -3.61. The van der Waals surface area contributed by atoms with Crippen LogP contribution in [-0.4, -0.2) is 56.0 Å². The predicted octanol–water partition coefficient (Wildman–Crippen LogP) is 3.96. The summed E-state index contributed by atoms with van der Waals surface area (Å²) < 4.78 is 4.85. The van der Waals surface area contributed by atoms with E-state index < -0.39 is 5.97 Å². The molecule has 4 rings (SSSR count). The van der Waals surface area contributed by atoms with Crippen LogP contribution < -0.4 is 10.2 Å². The summed E-state index contributed by atoms with van der Waals surface area (Å²) >= 11 is 0. The van der Waals surface area contributed by atoms with Gasteiger partial charge in [0.05, 0.1) is 24.0 Å². The van der Waals surface area contributed by atoms with E-state index in [0.717, 1.165) is 37.2 Å². The average Bonchev–Trinajstić information content (AvgIpc) is 3.42. The zero-order valence-corrected chi connectivity index (χ0v) is 19.5. The van der Waals surface area contributed by atoms with E-state index in [1.54, 1.807) is 23.1 Å². The lowest BCUT2D eigenvalue weighted by atomic mass is 9.95. The lowest BCUT2D eigenvalue weighted by Gasteiger charge is -2.31. The fourth-order valence-corrected chi connectivity index (χ4v) is 4.55. The first-order valence-electron chi connectivity index (χ1n) is 11.9. The molecule has 2 aliphatic heterocycles. The van der Waals surface area contributed by atoms with Crippen LogP contribution in [0.2, 0.25) is 0 Å². The number of hydrogen-bond donors (Lipinski definition) is 1. The lowest BCUT2D eigenvalue weighted by Crippen LogP contribution is -2.40. The number of nitrogens with one attached hydrogen (secondary N) is 1. The van der Waals surface area contributed by atoms with Crippen molar-refractivity contribution in [2.24, 2.45) is 5.92 Å². The number of amides is 2. The Labute approximate surface area is 200 Å². The number of esters is 1. The topological polar surface area (TPSA) is 79.0 Å². The molecule has 2 fully saturated rings. The van der Waals surface area contributed by atoms with Crippen LogP contribution in [0.1, 0.15) is 41.6 Å². The van der Waals surface area contributed by atoms with Crippen molar-refractivity contribution < 1.29 is 19.1 Å². The van der Waals surface area contributed by atoms with Crippen LogP contribution in [-0.2, 0) is 14.3 Å². The Bertz CT molecular complexity index is 1050. The minimum Gasteiger partial charge on any atom is -0.465 e. The van der Waals surface area contributed by atoms with E-state index in [9.17, 15) is 14.4 Å². The molecule has 0 bridgehead atoms. The van der Waals surface area contributed by atoms with Crippen LogP contribution in [0.25, 0.3) is 6.08 Å². The molecule has 0 unspecified atom stereocenters. The number of likely N-dealkylation sites (tertiary alicyclic amines) is 1. The Morgan fingerprint density at radius 1 is 0.971 bits per heavy atom. The van der Waals surface area contributed by atoms with Crippen LogP contribution in [0.5, 0.6) is 0 Å². The van der Waals surface area contributed by atoms with Crippen molar-refractivity contribution in [3.63, 3.8) is 0 Å². The van der Waals surface area contributed by atoms with Gasteiger partial charge in [-0.25, -0.2) is 4.79 Å². The highest BCUT2D eigenvalue weighted by Gasteiger charge is 2.28. The molecule has 0 saturated carbocycles. The maximum absolute atomic E-state index is 13.1. The molecule has 0 radical (unpaired) electrons. The second kappa shape index (κ2) is 11.0. The molecule has 2 aromatic rings. The predicted molar refractivity (Wildman–Crippen MR) is 133 cm³/mol. The molecule has 0 aliphatic carbocycles. The van der Waals surface area contributed by atoms with Gasteiger partial charge in [-0.1, -0.05) is 30.3 Å². The number of nitrogens with zero attached hydrogens (tertiary/aromatic N) is 2. The summed E-state index contributed by atoms with van der Waals surface area (Å²) in [7, 11) is 1.35. The first-order chi connectivity index (χ1) is 16.5. The summed E-state index contributed by atoms with van der Waals surface area (Å²) in [5.74, 6) is -0.728. The van der Waals surface area contributed by atoms with Gasteiger partial charge in [0.15, 0.2) is 0 Å². The number of anilines is 2. The van der Waals surface area contributed by atoms with Gasteiger partial charge in [-0.2, -0.15) is 0 Å². The number of piperidine rings is 1. The van der Waals surface area contributed by atoms with E-state index in [2.05, 4.69) is 10.2 Å². The highest BCUT2D eigenvalue weighted by atomic mass is 16.5. The molecule has 178 valence electrons. The smallest absolute Gasteiger partial charge is 0.337 e. The zero-order valence-electron chi connectivity index (χ0n) is 19.5. The molecular weight excluding hydrogens is 430 g/mol. The molecule has 7 heteroatoms. The quantitative estimate of drug-likeness (QED) is 0.520. The van der Waals surface area contributed by atoms with Gasteiger partial charge in [-0.05, 0) is 55.5 Å². The van der Waals surface area contributed by atoms with Crippen molar-refractivity contribution in [2.75, 3.05) is 43.5 Å². The SMILES string of the molecule is COC(=O)c1ccc(N2CCCC2)c(NC(=O)C2CCN(C(=O)/C=C/c3ccccc3)CC2)c1. The van der Waals surface area contributed by atoms with E-state index in [0.29, 0.717) is 37.2 Å². The van der Waals surface area contributed by atoms with Gasteiger partial charge in [0, 0.05) is 38.2 Å². The van der Waals surface area contributed by atoms with Crippen LogP contribution in [0, 0.1) is 5.92 Å². The normalized spacial score (nSPS) is 16.6. The third-order valence-corrected chi connectivity index (χ3v) is 6.52. The van der Waals surface area contributed by atoms with Crippen LogP contribution in [0.3, 0.4) is 0 Å². The summed E-state index contributed by atoms with van der Waals surface area (Å²) in [6.45, 7) is 2.93. The highest BCUT2D eigenvalue weighted by Crippen LogP contribution is 2.31. The zero-order chi connectivity index (χ0) is 23.9. The van der Waals surface area contributed by atoms with Crippen LogP contribution in [0.15, 0.2) is 54.6 Å². The monoisotopic (exact) mass is 461 g/mol. The van der Waals surface area contributed by atoms with E-state index in [4.69, 9.17) is 4.74 Å². The van der Waals surface area contributed by atoms with Crippen LogP contribution >= 0.6 is 0 Å². The van der Waals surface area contributed by atoms with Gasteiger partial charge in [0.1, 0.15) is 0 Å². The molecule has 2 amide bonds. The van der Waals surface area contributed by atoms with Crippen molar-refractivity contribution in [2.45, 2.75) is 25.7 Å². The van der Waals surface area contributed by atoms with Gasteiger partial charge in [0.2, 0.25) is 11.8 Å². The maximum Gasteiger partial charge on any atom is 0.337 e. The highest BCUT2D eigenvalue weighted by molar-refractivity contribution is 5.99. The Morgan fingerprint density at radius 2 is 1.68 bits per heavy atom. The summed E-state index contributed by atoms with van der Waals surface area (Å²) in [6, 6.07) is 15.0. The number of ether oxygens (including phenoxy) is 1. The molecule has 0 atom stereocenters. The molecule has 0 spiro atoms. The largest absolute Gasteiger partial charge is 0.465 e. The molecule has 7 nitrogen and oxygen atoms in total. The van der Waals surface area contributed by atoms with E-state index in [1.165, 1.54) is 7.11 Å². The molecule has 2 aliphatic rings. The molecule has 2 saturated heterocycles. The van der Waals surface area contributed by atoms with Crippen molar-refractivity contribution in [1.82, 2.24) is 4.90 Å². The number of carbonyl (C=O) groups is 3. The van der Waals surface area contributed by atoms with Gasteiger partial charge < -0.3 is 19.9 Å². The molecular formula is C27H31N3O4.